The summed E-state index contributed by atoms with van der Waals surface area (Å²) in [4.78, 5) is 16.8. The van der Waals surface area contributed by atoms with Crippen molar-refractivity contribution in [3.63, 3.8) is 0 Å². The number of imidazole rings is 1. The molecule has 0 aliphatic heterocycles. The molecule has 0 saturated carbocycles. The molecular formula is C17H15ClF2N4O2. The van der Waals surface area contributed by atoms with Crippen LogP contribution in [0.2, 0.25) is 5.15 Å². The molecule has 0 radical (unpaired) electrons. The van der Waals surface area contributed by atoms with E-state index in [0.717, 1.165) is 22.7 Å². The number of hydrogen-bond donors (Lipinski definition) is 1. The molecule has 1 aromatic carbocycles. The van der Waals surface area contributed by atoms with E-state index in [1.165, 1.54) is 16.6 Å². The van der Waals surface area contributed by atoms with Gasteiger partial charge in [-0.25, -0.2) is 23.1 Å². The first-order valence-corrected chi connectivity index (χ1v) is 8.15. The highest BCUT2D eigenvalue weighted by atomic mass is 35.5. The normalized spacial score (nSPS) is 11.3. The third kappa shape index (κ3) is 3.20. The van der Waals surface area contributed by atoms with E-state index < -0.39 is 24.3 Å². The van der Waals surface area contributed by atoms with Crippen molar-refractivity contribution in [3.05, 3.63) is 58.5 Å². The maximum absolute atomic E-state index is 14.0. The van der Waals surface area contributed by atoms with Crippen LogP contribution in [0.5, 0.6) is 0 Å². The lowest BCUT2D eigenvalue weighted by molar-refractivity contribution is 0.201. The van der Waals surface area contributed by atoms with Gasteiger partial charge in [-0.3, -0.25) is 4.90 Å². The fourth-order valence-electron chi connectivity index (χ4n) is 2.63. The van der Waals surface area contributed by atoms with Crippen molar-refractivity contribution >= 4 is 29.0 Å². The summed E-state index contributed by atoms with van der Waals surface area (Å²) in [5.74, 6) is -1.61. The zero-order chi connectivity index (χ0) is 19.0. The number of aromatic nitrogens is 3. The lowest BCUT2D eigenvalue weighted by Gasteiger charge is -2.21. The summed E-state index contributed by atoms with van der Waals surface area (Å²) < 4.78 is 29.4. The van der Waals surface area contributed by atoms with Gasteiger partial charge in [-0.1, -0.05) is 31.5 Å². The molecule has 3 aromatic rings. The molecule has 0 atom stereocenters. The van der Waals surface area contributed by atoms with Crippen LogP contribution in [-0.4, -0.2) is 25.8 Å². The number of amides is 1. The summed E-state index contributed by atoms with van der Waals surface area (Å²) in [6.07, 6.45) is 0.169. The predicted octanol–water partition coefficient (Wildman–Crippen LogP) is 4.47. The van der Waals surface area contributed by atoms with E-state index in [1.807, 2.05) is 13.8 Å². The third-order valence-corrected chi connectivity index (χ3v) is 4.12. The maximum Gasteiger partial charge on any atom is 0.412 e. The molecule has 1 amide bonds. The van der Waals surface area contributed by atoms with Gasteiger partial charge in [0.1, 0.15) is 11.6 Å². The van der Waals surface area contributed by atoms with Crippen molar-refractivity contribution in [1.29, 1.82) is 0 Å². The number of hydrogen-bond acceptors (Lipinski definition) is 3. The second-order valence-corrected chi connectivity index (χ2v) is 6.38. The number of halogens is 3. The number of fused-ring (bicyclic) bond motifs is 1. The van der Waals surface area contributed by atoms with Crippen molar-refractivity contribution in [1.82, 2.24) is 14.6 Å². The van der Waals surface area contributed by atoms with E-state index in [9.17, 15) is 18.7 Å². The summed E-state index contributed by atoms with van der Waals surface area (Å²) >= 11 is 6.04. The molecule has 0 fully saturated rings. The Kier molecular flexibility index (Phi) is 4.78. The zero-order valence-corrected chi connectivity index (χ0v) is 14.7. The van der Waals surface area contributed by atoms with Gasteiger partial charge in [0.2, 0.25) is 0 Å². The second kappa shape index (κ2) is 6.87. The van der Waals surface area contributed by atoms with E-state index >= 15 is 0 Å². The summed E-state index contributed by atoms with van der Waals surface area (Å²) in [5.41, 5.74) is 0.687. The average molecular weight is 381 g/mol. The van der Waals surface area contributed by atoms with E-state index in [4.69, 9.17) is 11.6 Å². The molecule has 26 heavy (non-hydrogen) atoms. The Morgan fingerprint density at radius 1 is 1.35 bits per heavy atom. The lowest BCUT2D eigenvalue weighted by atomic mass is 10.1. The zero-order valence-electron chi connectivity index (χ0n) is 13.9. The third-order valence-electron chi connectivity index (χ3n) is 3.94. The molecule has 2 aromatic heterocycles. The molecule has 3 rings (SSSR count). The molecular weight excluding hydrogens is 366 g/mol. The quantitative estimate of drug-likeness (QED) is 0.725. The van der Waals surface area contributed by atoms with E-state index in [1.54, 1.807) is 6.20 Å². The Bertz CT molecular complexity index is 970. The number of benzene rings is 1. The van der Waals surface area contributed by atoms with Crippen LogP contribution in [0.25, 0.3) is 5.65 Å². The largest absolute Gasteiger partial charge is 0.465 e. The van der Waals surface area contributed by atoms with Crippen LogP contribution in [-0.2, 0) is 6.54 Å². The number of anilines is 1. The summed E-state index contributed by atoms with van der Waals surface area (Å²) in [7, 11) is 0. The molecule has 0 unspecified atom stereocenters. The molecule has 9 heteroatoms. The Hall–Kier alpha value is -2.74. The standard InChI is InChI=1S/C17H15ClF2N4O2/c1-9(2)14-7-21-16-13(6-15(18)22-24(14)16)23(17(25)26)8-10-11(19)4-3-5-12(10)20/h3-7,9H,8H2,1-2H3,(H,25,26). The van der Waals surface area contributed by atoms with Crippen LogP contribution in [0.4, 0.5) is 19.3 Å². The first kappa shape index (κ1) is 18.1. The van der Waals surface area contributed by atoms with Gasteiger partial charge in [0.15, 0.2) is 10.8 Å². The van der Waals surface area contributed by atoms with Crippen LogP contribution in [0.3, 0.4) is 0 Å². The molecule has 1 N–H and O–H groups in total. The average Bonchev–Trinajstić information content (AvgIpc) is 2.97. The smallest absolute Gasteiger partial charge is 0.412 e. The Labute approximate surface area is 152 Å². The molecule has 0 saturated heterocycles. The number of nitrogens with zero attached hydrogens (tertiary/aromatic N) is 4. The summed E-state index contributed by atoms with van der Waals surface area (Å²) in [6, 6.07) is 4.66. The van der Waals surface area contributed by atoms with Crippen LogP contribution in [0.1, 0.15) is 31.0 Å². The van der Waals surface area contributed by atoms with Crippen molar-refractivity contribution in [2.75, 3.05) is 4.90 Å². The van der Waals surface area contributed by atoms with Gasteiger partial charge in [0.05, 0.1) is 24.1 Å². The first-order chi connectivity index (χ1) is 12.3. The van der Waals surface area contributed by atoms with Gasteiger partial charge in [-0.15, -0.1) is 0 Å². The van der Waals surface area contributed by atoms with Crippen LogP contribution in [0, 0.1) is 11.6 Å². The highest BCUT2D eigenvalue weighted by Gasteiger charge is 2.24. The van der Waals surface area contributed by atoms with Gasteiger partial charge >= 0.3 is 6.09 Å². The highest BCUT2D eigenvalue weighted by Crippen LogP contribution is 2.28. The van der Waals surface area contributed by atoms with Gasteiger partial charge in [-0.2, -0.15) is 5.10 Å². The molecule has 6 nitrogen and oxygen atoms in total. The van der Waals surface area contributed by atoms with E-state index in [2.05, 4.69) is 10.1 Å². The maximum atomic E-state index is 14.0. The second-order valence-electron chi connectivity index (χ2n) is 5.99. The molecule has 0 aliphatic carbocycles. The molecule has 0 spiro atoms. The molecule has 0 bridgehead atoms. The van der Waals surface area contributed by atoms with Crippen LogP contribution >= 0.6 is 11.6 Å². The topological polar surface area (TPSA) is 70.7 Å². The minimum atomic E-state index is -1.40. The Balaban J connectivity index is 2.16. The number of carboxylic acid groups (broad SMARTS) is 1. The minimum Gasteiger partial charge on any atom is -0.465 e. The predicted molar refractivity (Wildman–Crippen MR) is 92.7 cm³/mol. The van der Waals surface area contributed by atoms with Gasteiger partial charge < -0.3 is 5.11 Å². The van der Waals surface area contributed by atoms with E-state index in [-0.39, 0.29) is 28.0 Å². The molecule has 2 heterocycles. The molecule has 136 valence electrons. The van der Waals surface area contributed by atoms with Crippen molar-refractivity contribution in [2.45, 2.75) is 26.3 Å². The van der Waals surface area contributed by atoms with Crippen molar-refractivity contribution in [3.8, 4) is 0 Å². The monoisotopic (exact) mass is 380 g/mol. The summed E-state index contributed by atoms with van der Waals surface area (Å²) in [6.45, 7) is 3.32. The molecule has 0 aliphatic rings. The van der Waals surface area contributed by atoms with Crippen LogP contribution < -0.4 is 4.90 Å². The summed E-state index contributed by atoms with van der Waals surface area (Å²) in [5, 5.41) is 13.8. The Morgan fingerprint density at radius 3 is 2.58 bits per heavy atom. The van der Waals surface area contributed by atoms with E-state index in [0.29, 0.717) is 0 Å². The van der Waals surface area contributed by atoms with Gasteiger partial charge in [0.25, 0.3) is 0 Å². The van der Waals surface area contributed by atoms with Gasteiger partial charge in [0, 0.05) is 11.6 Å². The number of rotatable bonds is 4. The van der Waals surface area contributed by atoms with Crippen LogP contribution in [0.15, 0.2) is 30.5 Å². The van der Waals surface area contributed by atoms with Gasteiger partial charge in [-0.05, 0) is 18.1 Å². The fourth-order valence-corrected chi connectivity index (χ4v) is 2.81. The lowest BCUT2D eigenvalue weighted by Crippen LogP contribution is -2.30. The number of carbonyl (C=O) groups is 1. The highest BCUT2D eigenvalue weighted by molar-refractivity contribution is 6.29. The first-order valence-electron chi connectivity index (χ1n) is 7.77. The van der Waals surface area contributed by atoms with Crippen molar-refractivity contribution < 1.29 is 18.7 Å². The fraction of sp³-hybridized carbons (Fsp3) is 0.235. The minimum absolute atomic E-state index is 0.0349. The van der Waals surface area contributed by atoms with Crippen molar-refractivity contribution in [2.24, 2.45) is 0 Å². The SMILES string of the molecule is CC(C)c1cnc2c(N(Cc3c(F)cccc3F)C(=O)O)cc(Cl)nn12. The Morgan fingerprint density at radius 2 is 2.00 bits per heavy atom.